The van der Waals surface area contributed by atoms with E-state index in [4.69, 9.17) is 16.3 Å². The number of hydrogen-bond acceptors (Lipinski definition) is 2. The zero-order valence-electron chi connectivity index (χ0n) is 9.40. The first kappa shape index (κ1) is 12.6. The highest BCUT2D eigenvalue weighted by Crippen LogP contribution is 2.21. The van der Waals surface area contributed by atoms with Gasteiger partial charge in [-0.05, 0) is 36.4 Å². The van der Waals surface area contributed by atoms with Gasteiger partial charge in [-0.3, -0.25) is 4.79 Å². The Hall–Kier alpha value is -1.87. The topological polar surface area (TPSA) is 26.3 Å². The second-order valence-corrected chi connectivity index (χ2v) is 4.08. The van der Waals surface area contributed by atoms with Crippen LogP contribution in [0.15, 0.2) is 42.5 Å². The third-order valence-corrected chi connectivity index (χ3v) is 2.82. The Balaban J connectivity index is 2.09. The summed E-state index contributed by atoms with van der Waals surface area (Å²) >= 11 is 5.88. The van der Waals surface area contributed by atoms with E-state index in [1.165, 1.54) is 6.07 Å². The van der Waals surface area contributed by atoms with Crippen LogP contribution in [0.5, 0.6) is 5.75 Å². The van der Waals surface area contributed by atoms with Crippen molar-refractivity contribution in [2.24, 2.45) is 0 Å². The van der Waals surface area contributed by atoms with Crippen LogP contribution in [-0.2, 0) is 6.61 Å². The van der Waals surface area contributed by atoms with Gasteiger partial charge >= 0.3 is 0 Å². The lowest BCUT2D eigenvalue weighted by molar-refractivity contribution is 0.112. The van der Waals surface area contributed by atoms with Gasteiger partial charge < -0.3 is 4.74 Å². The Morgan fingerprint density at radius 2 is 1.89 bits per heavy atom. The smallest absolute Gasteiger partial charge is 0.150 e. The number of rotatable bonds is 4. The summed E-state index contributed by atoms with van der Waals surface area (Å²) in [7, 11) is 0. The van der Waals surface area contributed by atoms with Crippen LogP contribution < -0.4 is 4.74 Å². The molecule has 0 N–H and O–H groups in total. The van der Waals surface area contributed by atoms with E-state index in [1.54, 1.807) is 36.4 Å². The number of aldehydes is 1. The average molecular weight is 265 g/mol. The Labute approximate surface area is 109 Å². The maximum Gasteiger partial charge on any atom is 0.150 e. The van der Waals surface area contributed by atoms with E-state index in [-0.39, 0.29) is 6.61 Å². The second kappa shape index (κ2) is 5.65. The molecule has 2 nitrogen and oxygen atoms in total. The summed E-state index contributed by atoms with van der Waals surface area (Å²) in [6.45, 7) is 0.0476. The van der Waals surface area contributed by atoms with E-state index < -0.39 is 5.82 Å². The predicted octanol–water partition coefficient (Wildman–Crippen LogP) is 3.87. The number of carbonyl (C=O) groups is 1. The molecule has 2 aromatic rings. The van der Waals surface area contributed by atoms with Crippen molar-refractivity contribution in [1.82, 2.24) is 0 Å². The summed E-state index contributed by atoms with van der Waals surface area (Å²) in [6, 6.07) is 11.0. The van der Waals surface area contributed by atoms with Crippen LogP contribution in [-0.4, -0.2) is 6.29 Å². The van der Waals surface area contributed by atoms with Crippen molar-refractivity contribution in [3.8, 4) is 5.75 Å². The van der Waals surface area contributed by atoms with E-state index in [0.717, 1.165) is 6.29 Å². The molecule has 0 amide bonds. The van der Waals surface area contributed by atoms with Gasteiger partial charge in [-0.2, -0.15) is 0 Å². The summed E-state index contributed by atoms with van der Waals surface area (Å²) in [6.07, 6.45) is 0.748. The van der Waals surface area contributed by atoms with Crippen molar-refractivity contribution < 1.29 is 13.9 Å². The minimum atomic E-state index is -0.396. The fraction of sp³-hybridized carbons (Fsp3) is 0.0714. The minimum Gasteiger partial charge on any atom is -0.489 e. The van der Waals surface area contributed by atoms with Gasteiger partial charge in [0.2, 0.25) is 0 Å². The van der Waals surface area contributed by atoms with Crippen LogP contribution >= 0.6 is 11.6 Å². The van der Waals surface area contributed by atoms with E-state index >= 15 is 0 Å². The van der Waals surface area contributed by atoms with Gasteiger partial charge in [-0.15, -0.1) is 0 Å². The summed E-state index contributed by atoms with van der Waals surface area (Å²) in [4.78, 5) is 10.5. The van der Waals surface area contributed by atoms with Crippen molar-refractivity contribution >= 4 is 17.9 Å². The van der Waals surface area contributed by atoms with Crippen LogP contribution in [0, 0.1) is 5.82 Å². The maximum absolute atomic E-state index is 13.5. The summed E-state index contributed by atoms with van der Waals surface area (Å²) in [5, 5.41) is 0.333. The van der Waals surface area contributed by atoms with E-state index in [2.05, 4.69) is 0 Å². The average Bonchev–Trinajstić information content (AvgIpc) is 2.39. The van der Waals surface area contributed by atoms with E-state index in [1.807, 2.05) is 0 Å². The summed E-state index contributed by atoms with van der Waals surface area (Å²) in [5.74, 6) is 0.159. The lowest BCUT2D eigenvalue weighted by atomic mass is 10.2. The molecule has 0 saturated carbocycles. The molecule has 0 aliphatic carbocycles. The molecule has 2 aromatic carbocycles. The highest BCUT2D eigenvalue weighted by molar-refractivity contribution is 6.31. The highest BCUT2D eigenvalue weighted by Gasteiger charge is 2.07. The third kappa shape index (κ3) is 2.87. The van der Waals surface area contributed by atoms with Crippen molar-refractivity contribution in [1.29, 1.82) is 0 Å². The number of halogens is 2. The Morgan fingerprint density at radius 1 is 1.17 bits per heavy atom. The first-order chi connectivity index (χ1) is 8.70. The standard InChI is InChI=1S/C14H10ClFO2/c15-13-2-1-3-14(16)12(13)9-18-11-6-4-10(8-17)5-7-11/h1-8H,9H2. The number of ether oxygens (including phenoxy) is 1. The molecule has 0 aromatic heterocycles. The third-order valence-electron chi connectivity index (χ3n) is 2.46. The summed E-state index contributed by atoms with van der Waals surface area (Å²) in [5.41, 5.74) is 0.880. The fourth-order valence-corrected chi connectivity index (χ4v) is 1.69. The van der Waals surface area contributed by atoms with Crippen LogP contribution in [0.2, 0.25) is 5.02 Å². The quantitative estimate of drug-likeness (QED) is 0.784. The van der Waals surface area contributed by atoms with Crippen molar-refractivity contribution in [3.63, 3.8) is 0 Å². The Kier molecular flexibility index (Phi) is 3.95. The molecule has 18 heavy (non-hydrogen) atoms. The van der Waals surface area contributed by atoms with Crippen molar-refractivity contribution in [2.75, 3.05) is 0 Å². The van der Waals surface area contributed by atoms with Gasteiger partial charge in [0.05, 0.1) is 5.02 Å². The number of hydrogen-bond donors (Lipinski definition) is 0. The molecule has 0 fully saturated rings. The van der Waals surface area contributed by atoms with Gasteiger partial charge in [-0.1, -0.05) is 17.7 Å². The molecule has 0 atom stereocenters. The van der Waals surface area contributed by atoms with Crippen LogP contribution in [0.4, 0.5) is 4.39 Å². The monoisotopic (exact) mass is 264 g/mol. The van der Waals surface area contributed by atoms with Gasteiger partial charge in [0.25, 0.3) is 0 Å². The van der Waals surface area contributed by atoms with Gasteiger partial charge in [0.1, 0.15) is 24.5 Å². The van der Waals surface area contributed by atoms with Gasteiger partial charge in [0, 0.05) is 11.1 Å². The molecular weight excluding hydrogens is 255 g/mol. The zero-order chi connectivity index (χ0) is 13.0. The minimum absolute atomic E-state index is 0.0476. The molecule has 2 rings (SSSR count). The van der Waals surface area contributed by atoms with Crippen molar-refractivity contribution in [2.45, 2.75) is 6.61 Å². The lowest BCUT2D eigenvalue weighted by Gasteiger charge is -2.08. The molecule has 0 spiro atoms. The number of benzene rings is 2. The Morgan fingerprint density at radius 3 is 2.50 bits per heavy atom. The van der Waals surface area contributed by atoms with Gasteiger partial charge in [0.15, 0.2) is 0 Å². The molecule has 92 valence electrons. The van der Waals surface area contributed by atoms with E-state index in [0.29, 0.717) is 21.9 Å². The molecular formula is C14H10ClFO2. The van der Waals surface area contributed by atoms with Crippen LogP contribution in [0.1, 0.15) is 15.9 Å². The predicted molar refractivity (Wildman–Crippen MR) is 67.6 cm³/mol. The fourth-order valence-electron chi connectivity index (χ4n) is 1.47. The highest BCUT2D eigenvalue weighted by atomic mass is 35.5. The Bertz CT molecular complexity index is 532. The molecule has 0 saturated heterocycles. The van der Waals surface area contributed by atoms with Crippen molar-refractivity contribution in [3.05, 3.63) is 64.4 Å². The van der Waals surface area contributed by atoms with E-state index in [9.17, 15) is 9.18 Å². The summed E-state index contributed by atoms with van der Waals surface area (Å²) < 4.78 is 18.9. The molecule has 0 heterocycles. The first-order valence-corrected chi connectivity index (χ1v) is 5.69. The maximum atomic E-state index is 13.5. The van der Waals surface area contributed by atoms with Crippen LogP contribution in [0.25, 0.3) is 0 Å². The molecule has 0 unspecified atom stereocenters. The molecule has 0 radical (unpaired) electrons. The first-order valence-electron chi connectivity index (χ1n) is 5.31. The largest absolute Gasteiger partial charge is 0.489 e. The lowest BCUT2D eigenvalue weighted by Crippen LogP contribution is -1.99. The second-order valence-electron chi connectivity index (χ2n) is 3.68. The SMILES string of the molecule is O=Cc1ccc(OCc2c(F)cccc2Cl)cc1. The normalized spacial score (nSPS) is 10.1. The number of carbonyl (C=O) groups excluding carboxylic acids is 1. The van der Waals surface area contributed by atoms with Gasteiger partial charge in [-0.25, -0.2) is 4.39 Å². The molecule has 0 aliphatic heterocycles. The molecule has 0 bridgehead atoms. The zero-order valence-corrected chi connectivity index (χ0v) is 10.2. The van der Waals surface area contributed by atoms with Crippen LogP contribution in [0.3, 0.4) is 0 Å². The molecule has 0 aliphatic rings. The molecule has 4 heteroatoms.